The Morgan fingerprint density at radius 2 is 1.59 bits per heavy atom. The zero-order valence-electron chi connectivity index (χ0n) is 15.8. The largest absolute Gasteiger partial charge is 0.377 e. The fraction of sp³-hybridized carbons (Fsp3) is 0.0417. The molecule has 0 aliphatic carbocycles. The van der Waals surface area contributed by atoms with Crippen LogP contribution in [0.3, 0.4) is 0 Å². The molecule has 0 spiro atoms. The monoisotopic (exact) mass is 401 g/mol. The lowest BCUT2D eigenvalue weighted by atomic mass is 10.1. The van der Waals surface area contributed by atoms with E-state index in [9.17, 15) is 8.42 Å². The van der Waals surface area contributed by atoms with Crippen LogP contribution in [0.2, 0.25) is 0 Å². The van der Waals surface area contributed by atoms with E-state index in [0.717, 1.165) is 22.1 Å². The van der Waals surface area contributed by atoms with Crippen molar-refractivity contribution >= 4 is 33.2 Å². The van der Waals surface area contributed by atoms with Crippen molar-refractivity contribution in [1.29, 1.82) is 0 Å². The molecule has 0 saturated heterocycles. The van der Waals surface area contributed by atoms with E-state index in [1.165, 1.54) is 12.1 Å². The summed E-state index contributed by atoms with van der Waals surface area (Å²) in [7, 11) is -3.95. The van der Waals surface area contributed by atoms with Crippen molar-refractivity contribution in [3.05, 3.63) is 102 Å². The van der Waals surface area contributed by atoms with E-state index in [2.05, 4.69) is 4.98 Å². The van der Waals surface area contributed by atoms with Gasteiger partial charge in [-0.1, -0.05) is 72.3 Å². The summed E-state index contributed by atoms with van der Waals surface area (Å²) in [6, 6.07) is 23.7. The van der Waals surface area contributed by atoms with Gasteiger partial charge in [-0.2, -0.15) is 8.42 Å². The van der Waals surface area contributed by atoms with Crippen molar-refractivity contribution in [2.75, 3.05) is 0 Å². The van der Waals surface area contributed by atoms with E-state index >= 15 is 0 Å². The minimum atomic E-state index is -3.95. The van der Waals surface area contributed by atoms with Gasteiger partial charge in [0.05, 0.1) is 0 Å². The van der Waals surface area contributed by atoms with Gasteiger partial charge in [-0.05, 0) is 42.3 Å². The summed E-state index contributed by atoms with van der Waals surface area (Å²) >= 11 is 0. The molecule has 29 heavy (non-hydrogen) atoms. The third-order valence-electron chi connectivity index (χ3n) is 4.53. The van der Waals surface area contributed by atoms with Crippen LogP contribution < -0.4 is 4.18 Å². The summed E-state index contributed by atoms with van der Waals surface area (Å²) in [6.07, 6.45) is 5.64. The standard InChI is InChI=1S/C24H19NO3S/c1-18-10-14-21(15-11-18)29(26,27)28-23-9-5-8-22-20(16-17-25-24(22)23)13-12-19-6-3-2-4-7-19/h2-17H,1H3/b13-12+. The Hall–Kier alpha value is -3.44. The molecular weight excluding hydrogens is 382 g/mol. The van der Waals surface area contributed by atoms with Crippen molar-refractivity contribution < 1.29 is 12.6 Å². The summed E-state index contributed by atoms with van der Waals surface area (Å²) in [6.45, 7) is 1.90. The maximum atomic E-state index is 12.7. The summed E-state index contributed by atoms with van der Waals surface area (Å²) in [5.74, 6) is 0.207. The first kappa shape index (κ1) is 18.9. The van der Waals surface area contributed by atoms with Gasteiger partial charge >= 0.3 is 10.1 Å². The summed E-state index contributed by atoms with van der Waals surface area (Å²) in [5, 5.41) is 0.816. The highest BCUT2D eigenvalue weighted by molar-refractivity contribution is 7.87. The lowest BCUT2D eigenvalue weighted by Crippen LogP contribution is -2.10. The smallest absolute Gasteiger partial charge is 0.339 e. The second-order valence-corrected chi connectivity index (χ2v) is 8.19. The first-order chi connectivity index (χ1) is 14.0. The molecule has 0 amide bonds. The van der Waals surface area contributed by atoms with Gasteiger partial charge < -0.3 is 4.18 Å². The molecule has 4 rings (SSSR count). The van der Waals surface area contributed by atoms with Crippen LogP contribution in [0.4, 0.5) is 0 Å². The van der Waals surface area contributed by atoms with Crippen LogP contribution in [0.1, 0.15) is 16.7 Å². The van der Waals surface area contributed by atoms with Crippen molar-refractivity contribution in [3.8, 4) is 5.75 Å². The van der Waals surface area contributed by atoms with Crippen LogP contribution in [0.15, 0.2) is 90.0 Å². The maximum absolute atomic E-state index is 12.7. The van der Waals surface area contributed by atoms with Crippen LogP contribution in [-0.4, -0.2) is 13.4 Å². The third-order valence-corrected chi connectivity index (χ3v) is 5.78. The van der Waals surface area contributed by atoms with Crippen molar-refractivity contribution in [2.24, 2.45) is 0 Å². The van der Waals surface area contributed by atoms with Crippen LogP contribution >= 0.6 is 0 Å². The molecule has 0 aliphatic rings. The van der Waals surface area contributed by atoms with Crippen molar-refractivity contribution in [3.63, 3.8) is 0 Å². The van der Waals surface area contributed by atoms with Crippen LogP contribution in [-0.2, 0) is 10.1 Å². The molecule has 0 radical (unpaired) electrons. The SMILES string of the molecule is Cc1ccc(S(=O)(=O)Oc2cccc3c(/C=C/c4ccccc4)ccnc23)cc1. The molecule has 0 bridgehead atoms. The van der Waals surface area contributed by atoms with Crippen LogP contribution in [0, 0.1) is 6.92 Å². The fourth-order valence-corrected chi connectivity index (χ4v) is 3.94. The zero-order chi connectivity index (χ0) is 20.3. The van der Waals surface area contributed by atoms with Crippen molar-refractivity contribution in [2.45, 2.75) is 11.8 Å². The quantitative estimate of drug-likeness (QED) is 0.416. The highest BCUT2D eigenvalue weighted by atomic mass is 32.2. The second kappa shape index (κ2) is 7.89. The van der Waals surface area contributed by atoms with E-state index in [-0.39, 0.29) is 10.6 Å². The van der Waals surface area contributed by atoms with E-state index in [0.29, 0.717) is 5.52 Å². The van der Waals surface area contributed by atoms with Gasteiger partial charge in [0.15, 0.2) is 5.75 Å². The lowest BCUT2D eigenvalue weighted by molar-refractivity contribution is 0.488. The molecule has 1 heterocycles. The Balaban J connectivity index is 1.71. The number of rotatable bonds is 5. The molecular formula is C24H19NO3S. The van der Waals surface area contributed by atoms with Gasteiger partial charge in [0.1, 0.15) is 10.4 Å². The minimum absolute atomic E-state index is 0.111. The first-order valence-corrected chi connectivity index (χ1v) is 10.6. The Kier molecular flexibility index (Phi) is 5.14. The topological polar surface area (TPSA) is 56.3 Å². The number of para-hydroxylation sites is 1. The Morgan fingerprint density at radius 1 is 0.828 bits per heavy atom. The molecule has 0 unspecified atom stereocenters. The number of aromatic nitrogens is 1. The Bertz CT molecular complexity index is 1280. The number of nitrogens with zero attached hydrogens (tertiary/aromatic N) is 1. The van der Waals surface area contributed by atoms with E-state index in [4.69, 9.17) is 4.18 Å². The summed E-state index contributed by atoms with van der Waals surface area (Å²) in [4.78, 5) is 4.48. The maximum Gasteiger partial charge on any atom is 0.339 e. The van der Waals surface area contributed by atoms with Gasteiger partial charge in [0.25, 0.3) is 0 Å². The highest BCUT2D eigenvalue weighted by Gasteiger charge is 2.18. The van der Waals surface area contributed by atoms with Crippen LogP contribution in [0.25, 0.3) is 23.1 Å². The molecule has 0 fully saturated rings. The predicted molar refractivity (Wildman–Crippen MR) is 116 cm³/mol. The average molecular weight is 401 g/mol. The number of pyridine rings is 1. The number of aryl methyl sites for hydroxylation is 1. The zero-order valence-corrected chi connectivity index (χ0v) is 16.6. The number of hydrogen-bond donors (Lipinski definition) is 0. The summed E-state index contributed by atoms with van der Waals surface area (Å²) in [5.41, 5.74) is 3.48. The molecule has 4 aromatic rings. The molecule has 0 aliphatic heterocycles. The lowest BCUT2D eigenvalue weighted by Gasteiger charge is -2.10. The fourth-order valence-electron chi connectivity index (χ4n) is 3.00. The molecule has 4 nitrogen and oxygen atoms in total. The second-order valence-electron chi connectivity index (χ2n) is 6.65. The molecule has 144 valence electrons. The van der Waals surface area contributed by atoms with E-state index in [1.807, 2.05) is 61.5 Å². The highest BCUT2D eigenvalue weighted by Crippen LogP contribution is 2.29. The first-order valence-electron chi connectivity index (χ1n) is 9.15. The predicted octanol–water partition coefficient (Wildman–Crippen LogP) is 5.48. The number of hydrogen-bond acceptors (Lipinski definition) is 4. The van der Waals surface area contributed by atoms with Gasteiger partial charge in [-0.15, -0.1) is 0 Å². The van der Waals surface area contributed by atoms with Crippen molar-refractivity contribution in [1.82, 2.24) is 4.98 Å². The molecule has 3 aromatic carbocycles. The van der Waals surface area contributed by atoms with E-state index in [1.54, 1.807) is 30.5 Å². The average Bonchev–Trinajstić information content (AvgIpc) is 2.73. The van der Waals surface area contributed by atoms with Gasteiger partial charge in [0, 0.05) is 11.6 Å². The Labute approximate surface area is 170 Å². The van der Waals surface area contributed by atoms with Crippen LogP contribution in [0.5, 0.6) is 5.75 Å². The molecule has 0 atom stereocenters. The molecule has 0 N–H and O–H groups in total. The molecule has 1 aromatic heterocycles. The normalized spacial score (nSPS) is 11.8. The van der Waals surface area contributed by atoms with E-state index < -0.39 is 10.1 Å². The minimum Gasteiger partial charge on any atom is -0.377 e. The number of benzene rings is 3. The Morgan fingerprint density at radius 3 is 2.34 bits per heavy atom. The van der Waals surface area contributed by atoms with Gasteiger partial charge in [-0.25, -0.2) is 0 Å². The third kappa shape index (κ3) is 4.20. The molecule has 0 saturated carbocycles. The summed E-state index contributed by atoms with van der Waals surface area (Å²) < 4.78 is 30.8. The number of fused-ring (bicyclic) bond motifs is 1. The molecule has 5 heteroatoms. The van der Waals surface area contributed by atoms with Gasteiger partial charge in [0.2, 0.25) is 0 Å². The van der Waals surface area contributed by atoms with Gasteiger partial charge in [-0.3, -0.25) is 4.98 Å².